The molecule has 1 aromatic rings. The number of halogens is 1. The molecular weight excluding hydrogens is 174 g/mol. The molecule has 0 aliphatic rings. The molecule has 0 amide bonds. The number of ketones is 1. The highest BCUT2D eigenvalue weighted by Crippen LogP contribution is 2.01. The van der Waals surface area contributed by atoms with Gasteiger partial charge >= 0.3 is 0 Å². The quantitative estimate of drug-likeness (QED) is 0.433. The van der Waals surface area contributed by atoms with Crippen molar-refractivity contribution >= 4 is 23.1 Å². The third kappa shape index (κ3) is 1.92. The molecule has 0 radical (unpaired) electrons. The van der Waals surface area contributed by atoms with Gasteiger partial charge in [-0.05, 0) is 0 Å². The summed E-state index contributed by atoms with van der Waals surface area (Å²) in [4.78, 5) is 11.3. The number of alkyl halides is 1. The first-order valence-corrected chi connectivity index (χ1v) is 4.02. The lowest BCUT2D eigenvalue weighted by molar-refractivity contribution is 0.106. The van der Waals surface area contributed by atoms with Gasteiger partial charge in [-0.2, -0.15) is 0 Å². The van der Waals surface area contributed by atoms with Crippen molar-refractivity contribution in [3.05, 3.63) is 35.9 Å². The van der Waals surface area contributed by atoms with E-state index in [-0.39, 0.29) is 17.4 Å². The summed E-state index contributed by atoms with van der Waals surface area (Å²) >= 11 is 5.35. The van der Waals surface area contributed by atoms with Gasteiger partial charge in [0.25, 0.3) is 0 Å². The Labute approximate surface area is 75.7 Å². The molecule has 0 spiro atoms. The van der Waals surface area contributed by atoms with E-state index in [1.54, 1.807) is 24.3 Å². The summed E-state index contributed by atoms with van der Waals surface area (Å²) in [6.07, 6.45) is 0. The fourth-order valence-electron chi connectivity index (χ4n) is 0.824. The zero-order chi connectivity index (χ0) is 8.97. The van der Waals surface area contributed by atoms with Crippen molar-refractivity contribution in [3.63, 3.8) is 0 Å². The minimum absolute atomic E-state index is 0.0340. The molecule has 3 heteroatoms. The number of hydrogen-bond donors (Lipinski definition) is 1. The van der Waals surface area contributed by atoms with Crippen molar-refractivity contribution in [1.29, 1.82) is 5.41 Å². The zero-order valence-electron chi connectivity index (χ0n) is 6.38. The minimum Gasteiger partial charge on any atom is -0.300 e. The SMILES string of the molecule is N=C(CCl)C(=O)c1ccccc1. The molecule has 0 heterocycles. The van der Waals surface area contributed by atoms with Crippen LogP contribution >= 0.6 is 11.6 Å². The topological polar surface area (TPSA) is 40.9 Å². The molecule has 1 N–H and O–H groups in total. The van der Waals surface area contributed by atoms with E-state index < -0.39 is 0 Å². The summed E-state index contributed by atoms with van der Waals surface area (Å²) in [6.45, 7) is 0. The number of benzene rings is 1. The minimum atomic E-state index is -0.300. The van der Waals surface area contributed by atoms with Crippen LogP contribution in [0.25, 0.3) is 0 Å². The molecule has 0 aliphatic heterocycles. The monoisotopic (exact) mass is 181 g/mol. The maximum atomic E-state index is 11.3. The van der Waals surface area contributed by atoms with Crippen molar-refractivity contribution in [2.24, 2.45) is 0 Å². The van der Waals surface area contributed by atoms with Gasteiger partial charge < -0.3 is 0 Å². The van der Waals surface area contributed by atoms with Crippen LogP contribution < -0.4 is 0 Å². The number of carbonyl (C=O) groups excluding carboxylic acids is 1. The van der Waals surface area contributed by atoms with Crippen LogP contribution in [0.3, 0.4) is 0 Å². The fourth-order valence-corrected chi connectivity index (χ4v) is 0.946. The average Bonchev–Trinajstić information content (AvgIpc) is 2.17. The van der Waals surface area contributed by atoms with Crippen molar-refractivity contribution in [3.8, 4) is 0 Å². The van der Waals surface area contributed by atoms with Crippen molar-refractivity contribution in [1.82, 2.24) is 0 Å². The Morgan fingerprint density at radius 3 is 2.42 bits per heavy atom. The number of carbonyl (C=O) groups is 1. The van der Waals surface area contributed by atoms with Gasteiger partial charge in [-0.15, -0.1) is 11.6 Å². The lowest BCUT2D eigenvalue weighted by Gasteiger charge is -1.97. The summed E-state index contributed by atoms with van der Waals surface area (Å²) in [5, 5.41) is 7.20. The van der Waals surface area contributed by atoms with Gasteiger partial charge in [0.15, 0.2) is 0 Å². The number of rotatable bonds is 3. The van der Waals surface area contributed by atoms with E-state index in [2.05, 4.69) is 0 Å². The molecule has 0 aliphatic carbocycles. The van der Waals surface area contributed by atoms with E-state index in [0.717, 1.165) is 0 Å². The van der Waals surface area contributed by atoms with Crippen LogP contribution in [0.2, 0.25) is 0 Å². The van der Waals surface area contributed by atoms with Gasteiger partial charge in [0.05, 0.1) is 11.6 Å². The molecule has 0 bridgehead atoms. The van der Waals surface area contributed by atoms with Gasteiger partial charge in [0.2, 0.25) is 5.78 Å². The molecule has 62 valence electrons. The number of hydrogen-bond acceptors (Lipinski definition) is 2. The first-order valence-electron chi connectivity index (χ1n) is 3.49. The molecule has 0 fully saturated rings. The first-order chi connectivity index (χ1) is 5.75. The first kappa shape index (κ1) is 8.94. The van der Waals surface area contributed by atoms with Gasteiger partial charge in [0, 0.05) is 5.56 Å². The summed E-state index contributed by atoms with van der Waals surface area (Å²) in [5.74, 6) is -0.334. The molecule has 0 saturated carbocycles. The third-order valence-electron chi connectivity index (χ3n) is 1.44. The standard InChI is InChI=1S/C9H8ClNO/c10-6-8(11)9(12)7-4-2-1-3-5-7/h1-5,11H,6H2. The molecule has 12 heavy (non-hydrogen) atoms. The second kappa shape index (κ2) is 4.02. The normalized spacial score (nSPS) is 9.42. The Morgan fingerprint density at radius 2 is 1.92 bits per heavy atom. The lowest BCUT2D eigenvalue weighted by Crippen LogP contribution is -2.14. The molecule has 0 aromatic heterocycles. The summed E-state index contributed by atoms with van der Waals surface area (Å²) in [6, 6.07) is 8.68. The molecule has 0 atom stereocenters. The van der Waals surface area contributed by atoms with Crippen LogP contribution in [0, 0.1) is 5.41 Å². The Bertz CT molecular complexity index is 295. The molecule has 0 unspecified atom stereocenters. The molecule has 1 aromatic carbocycles. The van der Waals surface area contributed by atoms with Gasteiger partial charge in [-0.1, -0.05) is 30.3 Å². The van der Waals surface area contributed by atoms with Crippen molar-refractivity contribution < 1.29 is 4.79 Å². The Balaban J connectivity index is 2.86. The van der Waals surface area contributed by atoms with E-state index in [4.69, 9.17) is 17.0 Å². The van der Waals surface area contributed by atoms with E-state index >= 15 is 0 Å². The number of Topliss-reactive ketones (excluding diaryl/α,β-unsaturated/α-hetero) is 1. The van der Waals surface area contributed by atoms with E-state index in [0.29, 0.717) is 5.56 Å². The maximum Gasteiger partial charge on any atom is 0.207 e. The fraction of sp³-hybridized carbons (Fsp3) is 0.111. The summed E-state index contributed by atoms with van der Waals surface area (Å²) in [7, 11) is 0. The highest BCUT2D eigenvalue weighted by atomic mass is 35.5. The number of nitrogens with one attached hydrogen (secondary N) is 1. The Morgan fingerprint density at radius 1 is 1.33 bits per heavy atom. The third-order valence-corrected chi connectivity index (χ3v) is 1.71. The molecule has 0 saturated heterocycles. The van der Waals surface area contributed by atoms with Crippen LogP contribution in [0.15, 0.2) is 30.3 Å². The summed E-state index contributed by atoms with van der Waals surface area (Å²) < 4.78 is 0. The average molecular weight is 182 g/mol. The molecule has 1 rings (SSSR count). The van der Waals surface area contributed by atoms with Crippen molar-refractivity contribution in [2.75, 3.05) is 5.88 Å². The molecule has 2 nitrogen and oxygen atoms in total. The van der Waals surface area contributed by atoms with Crippen LogP contribution in [-0.2, 0) is 0 Å². The highest BCUT2D eigenvalue weighted by molar-refractivity contribution is 6.52. The Hall–Kier alpha value is -1.15. The van der Waals surface area contributed by atoms with Crippen LogP contribution in [-0.4, -0.2) is 17.4 Å². The lowest BCUT2D eigenvalue weighted by atomic mass is 10.1. The Kier molecular flexibility index (Phi) is 3.00. The van der Waals surface area contributed by atoms with E-state index in [9.17, 15) is 4.79 Å². The maximum absolute atomic E-state index is 11.3. The predicted octanol–water partition coefficient (Wildman–Crippen LogP) is 2.13. The summed E-state index contributed by atoms with van der Waals surface area (Å²) in [5.41, 5.74) is 0.450. The second-order valence-electron chi connectivity index (χ2n) is 2.31. The largest absolute Gasteiger partial charge is 0.300 e. The van der Waals surface area contributed by atoms with Gasteiger partial charge in [-0.3, -0.25) is 10.2 Å². The second-order valence-corrected chi connectivity index (χ2v) is 2.57. The van der Waals surface area contributed by atoms with Crippen LogP contribution in [0.1, 0.15) is 10.4 Å². The highest BCUT2D eigenvalue weighted by Gasteiger charge is 2.09. The van der Waals surface area contributed by atoms with Gasteiger partial charge in [0.1, 0.15) is 0 Å². The van der Waals surface area contributed by atoms with Crippen LogP contribution in [0.4, 0.5) is 0 Å². The van der Waals surface area contributed by atoms with Crippen molar-refractivity contribution in [2.45, 2.75) is 0 Å². The van der Waals surface area contributed by atoms with Crippen LogP contribution in [0.5, 0.6) is 0 Å². The zero-order valence-corrected chi connectivity index (χ0v) is 7.14. The molecular formula is C9H8ClNO. The smallest absolute Gasteiger partial charge is 0.207 e. The van der Waals surface area contributed by atoms with E-state index in [1.807, 2.05) is 6.07 Å². The van der Waals surface area contributed by atoms with E-state index in [1.165, 1.54) is 0 Å². The van der Waals surface area contributed by atoms with Gasteiger partial charge in [-0.25, -0.2) is 0 Å². The predicted molar refractivity (Wildman–Crippen MR) is 49.2 cm³/mol.